The van der Waals surface area contributed by atoms with Crippen molar-refractivity contribution in [2.45, 2.75) is 25.7 Å². The zero-order chi connectivity index (χ0) is 16.1. The van der Waals surface area contributed by atoms with Crippen molar-refractivity contribution in [2.24, 2.45) is 5.92 Å². The van der Waals surface area contributed by atoms with Crippen LogP contribution in [0.4, 0.5) is 5.69 Å². The van der Waals surface area contributed by atoms with Gasteiger partial charge in [-0.15, -0.1) is 0 Å². The number of piperidine rings is 1. The molecule has 1 aliphatic rings. The van der Waals surface area contributed by atoms with Crippen LogP contribution in [0.15, 0.2) is 54.6 Å². The molecule has 1 aliphatic heterocycles. The summed E-state index contributed by atoms with van der Waals surface area (Å²) in [6, 6.07) is 18.5. The van der Waals surface area contributed by atoms with Gasteiger partial charge in [0.05, 0.1) is 5.92 Å². The molecule has 0 aromatic heterocycles. The molecule has 3 heteroatoms. The van der Waals surface area contributed by atoms with E-state index in [0.29, 0.717) is 5.92 Å². The molecule has 3 nitrogen and oxygen atoms in total. The number of aryl methyl sites for hydroxylation is 1. The highest BCUT2D eigenvalue weighted by molar-refractivity contribution is 5.92. The number of rotatable bonds is 4. The minimum atomic E-state index is 0.0137. The van der Waals surface area contributed by atoms with E-state index in [-0.39, 0.29) is 11.8 Å². The maximum absolute atomic E-state index is 12.5. The van der Waals surface area contributed by atoms with E-state index in [0.717, 1.165) is 31.6 Å². The predicted molar refractivity (Wildman–Crippen MR) is 94.6 cm³/mol. The SMILES string of the molecule is CCc1ccc(C2CNCC(C(=O)Nc3ccccc3)C2)cc1. The molecule has 0 aliphatic carbocycles. The number of anilines is 1. The summed E-state index contributed by atoms with van der Waals surface area (Å²) in [5.41, 5.74) is 3.55. The standard InChI is InChI=1S/C20H24N2O/c1-2-15-8-10-16(11-9-15)17-12-18(14-21-13-17)20(23)22-19-6-4-3-5-7-19/h3-11,17-18,21H,2,12-14H2,1H3,(H,22,23). The maximum Gasteiger partial charge on any atom is 0.228 e. The fraction of sp³-hybridized carbons (Fsp3) is 0.350. The molecule has 1 saturated heterocycles. The first-order valence-corrected chi connectivity index (χ1v) is 8.41. The van der Waals surface area contributed by atoms with Gasteiger partial charge in [0, 0.05) is 18.8 Å². The van der Waals surface area contributed by atoms with E-state index in [1.165, 1.54) is 11.1 Å². The van der Waals surface area contributed by atoms with Gasteiger partial charge in [0.1, 0.15) is 0 Å². The molecule has 0 spiro atoms. The van der Waals surface area contributed by atoms with E-state index in [2.05, 4.69) is 41.8 Å². The Morgan fingerprint density at radius 2 is 1.83 bits per heavy atom. The van der Waals surface area contributed by atoms with Crippen molar-refractivity contribution in [3.63, 3.8) is 0 Å². The van der Waals surface area contributed by atoms with Crippen molar-refractivity contribution in [1.29, 1.82) is 0 Å². The summed E-state index contributed by atoms with van der Waals surface area (Å²) < 4.78 is 0. The van der Waals surface area contributed by atoms with Gasteiger partial charge in [-0.3, -0.25) is 4.79 Å². The van der Waals surface area contributed by atoms with Gasteiger partial charge in [-0.1, -0.05) is 49.4 Å². The Labute approximate surface area is 138 Å². The topological polar surface area (TPSA) is 41.1 Å². The molecule has 1 fully saturated rings. The fourth-order valence-electron chi connectivity index (χ4n) is 3.19. The number of benzene rings is 2. The van der Waals surface area contributed by atoms with Crippen LogP contribution >= 0.6 is 0 Å². The molecule has 0 radical (unpaired) electrons. The van der Waals surface area contributed by atoms with Crippen LogP contribution in [0.2, 0.25) is 0 Å². The molecular weight excluding hydrogens is 284 g/mol. The van der Waals surface area contributed by atoms with Gasteiger partial charge in [0.25, 0.3) is 0 Å². The van der Waals surface area contributed by atoms with E-state index in [1.54, 1.807) is 0 Å². The summed E-state index contributed by atoms with van der Waals surface area (Å²) in [5, 5.41) is 6.44. The molecule has 3 rings (SSSR count). The van der Waals surface area contributed by atoms with Gasteiger partial charge in [-0.25, -0.2) is 0 Å². The van der Waals surface area contributed by atoms with Crippen LogP contribution in [0.5, 0.6) is 0 Å². The molecule has 0 bridgehead atoms. The summed E-state index contributed by atoms with van der Waals surface area (Å²) in [5.74, 6) is 0.527. The van der Waals surface area contributed by atoms with Crippen LogP contribution in [-0.2, 0) is 11.2 Å². The van der Waals surface area contributed by atoms with Gasteiger partial charge < -0.3 is 10.6 Å². The summed E-state index contributed by atoms with van der Waals surface area (Å²) in [6.45, 7) is 3.86. The summed E-state index contributed by atoms with van der Waals surface area (Å²) in [4.78, 5) is 12.5. The first-order valence-electron chi connectivity index (χ1n) is 8.41. The van der Waals surface area contributed by atoms with E-state index in [9.17, 15) is 4.79 Å². The first kappa shape index (κ1) is 15.8. The molecule has 2 N–H and O–H groups in total. The average Bonchev–Trinajstić information content (AvgIpc) is 2.63. The predicted octanol–water partition coefficient (Wildman–Crippen LogP) is 3.58. The van der Waals surface area contributed by atoms with Gasteiger partial charge in [0.15, 0.2) is 0 Å². The Hall–Kier alpha value is -2.13. The van der Waals surface area contributed by atoms with Crippen LogP contribution in [0, 0.1) is 5.92 Å². The second-order valence-electron chi connectivity index (χ2n) is 6.24. The zero-order valence-corrected chi connectivity index (χ0v) is 13.6. The van der Waals surface area contributed by atoms with Crippen molar-refractivity contribution >= 4 is 11.6 Å². The molecule has 1 heterocycles. The summed E-state index contributed by atoms with van der Waals surface area (Å²) >= 11 is 0. The van der Waals surface area contributed by atoms with Crippen molar-refractivity contribution < 1.29 is 4.79 Å². The zero-order valence-electron chi connectivity index (χ0n) is 13.6. The maximum atomic E-state index is 12.5. The Morgan fingerprint density at radius 1 is 1.09 bits per heavy atom. The van der Waals surface area contributed by atoms with Crippen molar-refractivity contribution in [3.05, 3.63) is 65.7 Å². The van der Waals surface area contributed by atoms with Crippen LogP contribution < -0.4 is 10.6 Å². The lowest BCUT2D eigenvalue weighted by Crippen LogP contribution is -2.40. The Balaban J connectivity index is 1.64. The third-order valence-corrected chi connectivity index (χ3v) is 4.62. The number of para-hydroxylation sites is 1. The number of amides is 1. The number of carbonyl (C=O) groups excluding carboxylic acids is 1. The smallest absolute Gasteiger partial charge is 0.228 e. The molecule has 2 aromatic carbocycles. The second kappa shape index (κ2) is 7.42. The number of nitrogens with one attached hydrogen (secondary N) is 2. The lowest BCUT2D eigenvalue weighted by molar-refractivity contribution is -0.120. The third kappa shape index (κ3) is 3.99. The first-order chi connectivity index (χ1) is 11.3. The van der Waals surface area contributed by atoms with Gasteiger partial charge in [-0.05, 0) is 42.0 Å². The molecular formula is C20H24N2O. The van der Waals surface area contributed by atoms with E-state index in [4.69, 9.17) is 0 Å². The molecule has 23 heavy (non-hydrogen) atoms. The van der Waals surface area contributed by atoms with Gasteiger partial charge in [0.2, 0.25) is 5.91 Å². The highest BCUT2D eigenvalue weighted by Gasteiger charge is 2.27. The van der Waals surface area contributed by atoms with E-state index >= 15 is 0 Å². The molecule has 1 amide bonds. The highest BCUT2D eigenvalue weighted by Crippen LogP contribution is 2.27. The highest BCUT2D eigenvalue weighted by atomic mass is 16.1. The molecule has 120 valence electrons. The lowest BCUT2D eigenvalue weighted by atomic mass is 9.85. The third-order valence-electron chi connectivity index (χ3n) is 4.62. The Morgan fingerprint density at radius 3 is 2.52 bits per heavy atom. The minimum absolute atomic E-state index is 0.0137. The molecule has 2 atom stereocenters. The summed E-state index contributed by atoms with van der Waals surface area (Å²) in [6.07, 6.45) is 1.96. The Kier molecular flexibility index (Phi) is 5.09. The van der Waals surface area contributed by atoms with Crippen molar-refractivity contribution in [3.8, 4) is 0 Å². The van der Waals surface area contributed by atoms with E-state index < -0.39 is 0 Å². The quantitative estimate of drug-likeness (QED) is 0.906. The van der Waals surface area contributed by atoms with Crippen molar-refractivity contribution in [1.82, 2.24) is 5.32 Å². The van der Waals surface area contributed by atoms with Crippen molar-refractivity contribution in [2.75, 3.05) is 18.4 Å². The molecule has 0 saturated carbocycles. The second-order valence-corrected chi connectivity index (χ2v) is 6.24. The molecule has 2 unspecified atom stereocenters. The average molecular weight is 308 g/mol. The minimum Gasteiger partial charge on any atom is -0.326 e. The van der Waals surface area contributed by atoms with Gasteiger partial charge in [-0.2, -0.15) is 0 Å². The van der Waals surface area contributed by atoms with Crippen LogP contribution in [-0.4, -0.2) is 19.0 Å². The van der Waals surface area contributed by atoms with Crippen LogP contribution in [0.25, 0.3) is 0 Å². The Bertz CT molecular complexity index is 636. The number of hydrogen-bond donors (Lipinski definition) is 2. The lowest BCUT2D eigenvalue weighted by Gasteiger charge is -2.29. The monoisotopic (exact) mass is 308 g/mol. The van der Waals surface area contributed by atoms with E-state index in [1.807, 2.05) is 30.3 Å². The van der Waals surface area contributed by atoms with Gasteiger partial charge >= 0.3 is 0 Å². The van der Waals surface area contributed by atoms with Crippen LogP contribution in [0.3, 0.4) is 0 Å². The summed E-state index contributed by atoms with van der Waals surface area (Å²) in [7, 11) is 0. The number of carbonyl (C=O) groups is 1. The fourth-order valence-corrected chi connectivity index (χ4v) is 3.19. The van der Waals surface area contributed by atoms with Crippen LogP contribution in [0.1, 0.15) is 30.4 Å². The normalized spacial score (nSPS) is 20.9. The molecule has 2 aromatic rings. The number of hydrogen-bond acceptors (Lipinski definition) is 2. The largest absolute Gasteiger partial charge is 0.326 e.